The fourth-order valence-electron chi connectivity index (χ4n) is 3.76. The minimum Gasteiger partial charge on any atom is -0.385 e. The Morgan fingerprint density at radius 3 is 2.84 bits per heavy atom. The van der Waals surface area contributed by atoms with Crippen molar-refractivity contribution in [1.82, 2.24) is 14.7 Å². The number of hydrogen-bond acceptors (Lipinski definition) is 3. The molecule has 2 unspecified atom stereocenters. The van der Waals surface area contributed by atoms with Crippen LogP contribution in [0.1, 0.15) is 37.7 Å². The summed E-state index contributed by atoms with van der Waals surface area (Å²) in [7, 11) is 0. The third-order valence-corrected chi connectivity index (χ3v) is 4.67. The Morgan fingerprint density at radius 2 is 2.05 bits per heavy atom. The van der Waals surface area contributed by atoms with Crippen molar-refractivity contribution in [3.8, 4) is 0 Å². The molecule has 0 radical (unpaired) electrons. The van der Waals surface area contributed by atoms with E-state index in [9.17, 15) is 5.11 Å². The molecule has 2 atom stereocenters. The molecule has 2 aromatic heterocycles. The fraction of sp³-hybridized carbons (Fsp3) is 0.533. The number of nitrogens with one attached hydrogen (secondary N) is 1. The van der Waals surface area contributed by atoms with Crippen LogP contribution in [0.2, 0.25) is 0 Å². The minimum atomic E-state index is -0.681. The molecule has 4 nitrogen and oxygen atoms in total. The lowest BCUT2D eigenvalue weighted by Gasteiger charge is -2.45. The third kappa shape index (κ3) is 1.86. The maximum Gasteiger partial charge on any atom is 0.136 e. The van der Waals surface area contributed by atoms with Crippen molar-refractivity contribution < 1.29 is 5.11 Å². The molecule has 2 aromatic rings. The van der Waals surface area contributed by atoms with Crippen molar-refractivity contribution >= 4 is 5.65 Å². The molecule has 19 heavy (non-hydrogen) atoms. The monoisotopic (exact) mass is 257 g/mol. The summed E-state index contributed by atoms with van der Waals surface area (Å²) in [6.07, 6.45) is 11.1. The lowest BCUT2D eigenvalue weighted by atomic mass is 9.74. The summed E-state index contributed by atoms with van der Waals surface area (Å²) in [6, 6.07) is 4.96. The van der Waals surface area contributed by atoms with E-state index in [4.69, 9.17) is 0 Å². The van der Waals surface area contributed by atoms with Crippen LogP contribution in [0.4, 0.5) is 0 Å². The molecule has 2 saturated heterocycles. The molecule has 2 N–H and O–H groups in total. The molecule has 0 aromatic carbocycles. The zero-order valence-electron chi connectivity index (χ0n) is 10.9. The van der Waals surface area contributed by atoms with Gasteiger partial charge >= 0.3 is 0 Å². The van der Waals surface area contributed by atoms with E-state index in [0.717, 1.165) is 24.1 Å². The molecule has 0 spiro atoms. The summed E-state index contributed by atoms with van der Waals surface area (Å²) in [5.74, 6) is 0. The molecular weight excluding hydrogens is 238 g/mol. The second-order valence-electron chi connectivity index (χ2n) is 6.04. The van der Waals surface area contributed by atoms with Gasteiger partial charge in [0.1, 0.15) is 5.65 Å². The summed E-state index contributed by atoms with van der Waals surface area (Å²) in [5, 5.41) is 14.7. The number of hydrogen-bond donors (Lipinski definition) is 2. The van der Waals surface area contributed by atoms with E-state index in [1.54, 1.807) is 6.20 Å². The van der Waals surface area contributed by atoms with Crippen LogP contribution in [0.15, 0.2) is 30.7 Å². The Morgan fingerprint density at radius 1 is 1.26 bits per heavy atom. The van der Waals surface area contributed by atoms with Crippen LogP contribution >= 0.6 is 0 Å². The van der Waals surface area contributed by atoms with E-state index >= 15 is 0 Å². The fourth-order valence-corrected chi connectivity index (χ4v) is 3.76. The van der Waals surface area contributed by atoms with Gasteiger partial charge in [0.25, 0.3) is 0 Å². The maximum atomic E-state index is 11.1. The lowest BCUT2D eigenvalue weighted by molar-refractivity contribution is -0.0361. The van der Waals surface area contributed by atoms with Gasteiger partial charge in [-0.2, -0.15) is 0 Å². The number of imidazole rings is 1. The summed E-state index contributed by atoms with van der Waals surface area (Å²) in [6.45, 7) is 0. The van der Waals surface area contributed by atoms with Crippen LogP contribution in [-0.4, -0.2) is 26.6 Å². The molecule has 4 heterocycles. The van der Waals surface area contributed by atoms with Gasteiger partial charge in [-0.3, -0.25) is 0 Å². The van der Waals surface area contributed by atoms with Gasteiger partial charge in [0.2, 0.25) is 0 Å². The Kier molecular flexibility index (Phi) is 2.44. The minimum absolute atomic E-state index is 0.469. The van der Waals surface area contributed by atoms with E-state index < -0.39 is 5.60 Å². The molecule has 2 aliphatic heterocycles. The van der Waals surface area contributed by atoms with E-state index in [1.807, 2.05) is 28.9 Å². The van der Waals surface area contributed by atoms with Crippen molar-refractivity contribution in [1.29, 1.82) is 0 Å². The first-order valence-electron chi connectivity index (χ1n) is 7.15. The van der Waals surface area contributed by atoms with Gasteiger partial charge in [0.15, 0.2) is 0 Å². The van der Waals surface area contributed by atoms with E-state index in [-0.39, 0.29) is 0 Å². The lowest BCUT2D eigenvalue weighted by Crippen LogP contribution is -2.54. The van der Waals surface area contributed by atoms with Crippen molar-refractivity contribution in [2.24, 2.45) is 0 Å². The quantitative estimate of drug-likeness (QED) is 0.819. The summed E-state index contributed by atoms with van der Waals surface area (Å²) in [4.78, 5) is 4.25. The van der Waals surface area contributed by atoms with E-state index in [2.05, 4.69) is 10.3 Å². The highest BCUT2D eigenvalue weighted by Gasteiger charge is 2.41. The van der Waals surface area contributed by atoms with Gasteiger partial charge in [-0.15, -0.1) is 0 Å². The molecule has 0 amide bonds. The third-order valence-electron chi connectivity index (χ3n) is 4.67. The first kappa shape index (κ1) is 11.4. The predicted molar refractivity (Wildman–Crippen MR) is 72.9 cm³/mol. The van der Waals surface area contributed by atoms with Crippen LogP contribution < -0.4 is 5.32 Å². The highest BCUT2D eigenvalue weighted by atomic mass is 16.3. The number of nitrogens with zero attached hydrogens (tertiary/aromatic N) is 2. The second-order valence-corrected chi connectivity index (χ2v) is 6.04. The molecule has 4 rings (SSSR count). The Labute approximate surface area is 112 Å². The molecule has 2 aliphatic rings. The van der Waals surface area contributed by atoms with Crippen LogP contribution in [0.25, 0.3) is 5.65 Å². The van der Waals surface area contributed by atoms with Crippen LogP contribution in [0, 0.1) is 0 Å². The Hall–Kier alpha value is -1.39. The zero-order chi connectivity index (χ0) is 12.9. The molecule has 0 saturated carbocycles. The number of pyridine rings is 1. The van der Waals surface area contributed by atoms with E-state index in [1.165, 1.54) is 19.3 Å². The highest BCUT2D eigenvalue weighted by Crippen LogP contribution is 2.39. The average molecular weight is 257 g/mol. The number of rotatable bonds is 1. The normalized spacial score (nSPS) is 34.6. The van der Waals surface area contributed by atoms with Gasteiger partial charge in [-0.1, -0.05) is 12.5 Å². The topological polar surface area (TPSA) is 49.6 Å². The second kappa shape index (κ2) is 4.05. The van der Waals surface area contributed by atoms with Crippen LogP contribution in [0.5, 0.6) is 0 Å². The Bertz CT molecular complexity index is 594. The largest absolute Gasteiger partial charge is 0.385 e. The molecular formula is C15H19N3O. The number of aliphatic hydroxyl groups is 1. The molecule has 100 valence electrons. The first-order valence-corrected chi connectivity index (χ1v) is 7.15. The zero-order valence-corrected chi connectivity index (χ0v) is 10.9. The van der Waals surface area contributed by atoms with Gasteiger partial charge in [-0.25, -0.2) is 4.98 Å². The van der Waals surface area contributed by atoms with Crippen LogP contribution in [0.3, 0.4) is 0 Å². The van der Waals surface area contributed by atoms with Crippen molar-refractivity contribution in [3.63, 3.8) is 0 Å². The summed E-state index contributed by atoms with van der Waals surface area (Å²) < 4.78 is 1.99. The average Bonchev–Trinajstić information content (AvgIpc) is 2.85. The maximum absolute atomic E-state index is 11.1. The van der Waals surface area contributed by atoms with Gasteiger partial charge < -0.3 is 14.8 Å². The number of fused-ring (bicyclic) bond motifs is 3. The summed E-state index contributed by atoms with van der Waals surface area (Å²) >= 11 is 0. The van der Waals surface area contributed by atoms with Crippen molar-refractivity contribution in [2.75, 3.05) is 0 Å². The standard InChI is InChI=1S/C15H19N3O/c19-15(8-12-2-1-3-13(9-15)17-12)11-4-5-14-16-6-7-18(14)10-11/h4-7,10,12-13,17,19H,1-3,8-9H2. The molecule has 0 aliphatic carbocycles. The first-order chi connectivity index (χ1) is 9.23. The number of piperidine rings is 2. The SMILES string of the molecule is OC1(c2ccc3nccn3c2)CC2CCCC(C1)N2. The molecule has 2 fully saturated rings. The van der Waals surface area contributed by atoms with Gasteiger partial charge in [-0.05, 0) is 31.7 Å². The van der Waals surface area contributed by atoms with E-state index in [0.29, 0.717) is 12.1 Å². The van der Waals surface area contributed by atoms with Gasteiger partial charge in [0.05, 0.1) is 5.60 Å². The van der Waals surface area contributed by atoms with Gasteiger partial charge in [0, 0.05) is 36.2 Å². The van der Waals surface area contributed by atoms with Crippen molar-refractivity contribution in [2.45, 2.75) is 49.8 Å². The number of aromatic nitrogens is 2. The Balaban J connectivity index is 1.72. The smallest absolute Gasteiger partial charge is 0.136 e. The highest BCUT2D eigenvalue weighted by molar-refractivity contribution is 5.41. The molecule has 2 bridgehead atoms. The molecule has 4 heteroatoms. The van der Waals surface area contributed by atoms with Crippen molar-refractivity contribution in [3.05, 3.63) is 36.3 Å². The summed E-state index contributed by atoms with van der Waals surface area (Å²) in [5.41, 5.74) is 1.28. The van der Waals surface area contributed by atoms with Crippen LogP contribution in [-0.2, 0) is 5.60 Å². The predicted octanol–water partition coefficient (Wildman–Crippen LogP) is 1.83.